The molecule has 160 valence electrons. The van der Waals surface area contributed by atoms with E-state index in [4.69, 9.17) is 14.2 Å². The molecule has 1 saturated carbocycles. The number of hydrogen-bond donors (Lipinski definition) is 0. The Kier molecular flexibility index (Phi) is 6.17. The minimum atomic E-state index is -4.05. The first-order valence-corrected chi connectivity index (χ1v) is 11.2. The molecule has 0 N–H and O–H groups in total. The molecule has 0 amide bonds. The fourth-order valence-corrected chi connectivity index (χ4v) is 6.17. The van der Waals surface area contributed by atoms with Gasteiger partial charge in [-0.25, -0.2) is 8.42 Å². The van der Waals surface area contributed by atoms with Gasteiger partial charge < -0.3 is 14.2 Å². The molecule has 0 bridgehead atoms. The van der Waals surface area contributed by atoms with Gasteiger partial charge in [-0.3, -0.25) is 9.59 Å². The summed E-state index contributed by atoms with van der Waals surface area (Å²) in [6.07, 6.45) is 0. The largest absolute Gasteiger partial charge is 0.497 e. The Hall–Kier alpha value is -2.87. The van der Waals surface area contributed by atoms with Gasteiger partial charge in [0, 0.05) is 5.92 Å². The van der Waals surface area contributed by atoms with Gasteiger partial charge in [-0.05, 0) is 43.7 Å². The van der Waals surface area contributed by atoms with Gasteiger partial charge in [-0.15, -0.1) is 0 Å². The van der Waals surface area contributed by atoms with E-state index in [1.54, 1.807) is 56.3 Å². The summed E-state index contributed by atoms with van der Waals surface area (Å²) in [7, 11) is -2.54. The third-order valence-corrected chi connectivity index (χ3v) is 7.48. The van der Waals surface area contributed by atoms with Crippen molar-refractivity contribution in [2.45, 2.75) is 29.9 Å². The van der Waals surface area contributed by atoms with Crippen molar-refractivity contribution >= 4 is 21.8 Å². The topological polar surface area (TPSA) is 96.0 Å². The first-order valence-electron chi connectivity index (χ1n) is 9.63. The summed E-state index contributed by atoms with van der Waals surface area (Å²) in [6.45, 7) is 3.21. The fourth-order valence-electron chi connectivity index (χ4n) is 3.86. The Labute approximate surface area is 175 Å². The number of ether oxygens (including phenoxy) is 3. The number of esters is 2. The van der Waals surface area contributed by atoms with Crippen LogP contribution in [0.25, 0.3) is 0 Å². The molecule has 2 aromatic carbocycles. The number of methoxy groups -OCH3 is 1. The molecule has 2 atom stereocenters. The smallest absolute Gasteiger partial charge is 0.325 e. The van der Waals surface area contributed by atoms with E-state index < -0.39 is 38.4 Å². The van der Waals surface area contributed by atoms with Crippen LogP contribution in [0.3, 0.4) is 0 Å². The molecule has 0 saturated heterocycles. The first-order chi connectivity index (χ1) is 14.3. The van der Waals surface area contributed by atoms with Crippen molar-refractivity contribution in [2.24, 2.45) is 5.41 Å². The fraction of sp³-hybridized carbons (Fsp3) is 0.364. The maximum absolute atomic E-state index is 13.5. The molecular formula is C22H24O7S. The Morgan fingerprint density at radius 1 is 0.900 bits per heavy atom. The van der Waals surface area contributed by atoms with Crippen LogP contribution in [-0.2, 0) is 28.9 Å². The van der Waals surface area contributed by atoms with Crippen molar-refractivity contribution in [1.82, 2.24) is 0 Å². The van der Waals surface area contributed by atoms with Crippen molar-refractivity contribution in [1.29, 1.82) is 0 Å². The summed E-state index contributed by atoms with van der Waals surface area (Å²) in [5, 5.41) is -1.33. The molecule has 7 nitrogen and oxygen atoms in total. The predicted octanol–water partition coefficient (Wildman–Crippen LogP) is 2.75. The summed E-state index contributed by atoms with van der Waals surface area (Å²) < 4.78 is 42.5. The molecule has 0 radical (unpaired) electrons. The zero-order valence-corrected chi connectivity index (χ0v) is 17.8. The van der Waals surface area contributed by atoms with E-state index >= 15 is 0 Å². The molecule has 3 rings (SSSR count). The molecule has 1 aliphatic rings. The number of hydrogen-bond acceptors (Lipinski definition) is 7. The zero-order chi connectivity index (χ0) is 21.9. The normalized spacial score (nSPS) is 19.6. The maximum Gasteiger partial charge on any atom is 0.325 e. The van der Waals surface area contributed by atoms with Gasteiger partial charge in [0.05, 0.1) is 25.2 Å². The van der Waals surface area contributed by atoms with E-state index in [9.17, 15) is 18.0 Å². The predicted molar refractivity (Wildman–Crippen MR) is 109 cm³/mol. The molecule has 0 unspecified atom stereocenters. The molecule has 8 heteroatoms. The van der Waals surface area contributed by atoms with Crippen LogP contribution < -0.4 is 4.74 Å². The van der Waals surface area contributed by atoms with Crippen molar-refractivity contribution in [3.63, 3.8) is 0 Å². The molecule has 0 aliphatic heterocycles. The molecule has 0 spiro atoms. The van der Waals surface area contributed by atoms with Gasteiger partial charge >= 0.3 is 11.9 Å². The third kappa shape index (κ3) is 3.45. The van der Waals surface area contributed by atoms with E-state index in [-0.39, 0.29) is 18.1 Å². The van der Waals surface area contributed by atoms with Crippen molar-refractivity contribution < 1.29 is 32.2 Å². The van der Waals surface area contributed by atoms with E-state index in [1.165, 1.54) is 19.2 Å². The van der Waals surface area contributed by atoms with Crippen LogP contribution >= 0.6 is 0 Å². The van der Waals surface area contributed by atoms with Gasteiger partial charge in [-0.1, -0.05) is 30.3 Å². The second-order valence-electron chi connectivity index (χ2n) is 6.84. The van der Waals surface area contributed by atoms with Crippen molar-refractivity contribution in [3.05, 3.63) is 60.2 Å². The monoisotopic (exact) mass is 432 g/mol. The molecule has 2 aromatic rings. The standard InChI is InChI=1S/C22H24O7S/c1-4-28-20(23)22(21(24)29-5-2)18(15-11-13-16(27-3)14-12-15)19(22)30(25,26)17-9-7-6-8-10-17/h6-14,18-19H,4-5H2,1-3H3/t18-,19-/m0/s1. The lowest BCUT2D eigenvalue weighted by Gasteiger charge is -2.15. The van der Waals surface area contributed by atoms with Gasteiger partial charge in [0.25, 0.3) is 0 Å². The van der Waals surface area contributed by atoms with Crippen LogP contribution in [0.5, 0.6) is 5.75 Å². The van der Waals surface area contributed by atoms with Gasteiger partial charge in [0.2, 0.25) is 0 Å². The van der Waals surface area contributed by atoms with Gasteiger partial charge in [-0.2, -0.15) is 0 Å². The van der Waals surface area contributed by atoms with Crippen LogP contribution in [0.4, 0.5) is 0 Å². The second kappa shape index (κ2) is 8.47. The first kappa shape index (κ1) is 21.8. The van der Waals surface area contributed by atoms with E-state index in [1.807, 2.05) is 0 Å². The quantitative estimate of drug-likeness (QED) is 0.467. The molecule has 1 fully saturated rings. The Morgan fingerprint density at radius 3 is 1.90 bits per heavy atom. The van der Waals surface area contributed by atoms with Crippen LogP contribution in [0.15, 0.2) is 59.5 Å². The van der Waals surface area contributed by atoms with E-state index in [2.05, 4.69) is 0 Å². The minimum Gasteiger partial charge on any atom is -0.497 e. The maximum atomic E-state index is 13.5. The summed E-state index contributed by atoms with van der Waals surface area (Å²) in [5.74, 6) is -2.16. The average Bonchev–Trinajstić information content (AvgIpc) is 3.47. The lowest BCUT2D eigenvalue weighted by Crippen LogP contribution is -2.35. The van der Waals surface area contributed by atoms with Crippen LogP contribution in [0, 0.1) is 5.41 Å². The van der Waals surface area contributed by atoms with Crippen LogP contribution in [-0.4, -0.2) is 45.9 Å². The van der Waals surface area contributed by atoms with E-state index in [0.717, 1.165) is 0 Å². The Morgan fingerprint density at radius 2 is 1.43 bits per heavy atom. The van der Waals surface area contributed by atoms with Crippen LogP contribution in [0.2, 0.25) is 0 Å². The lowest BCUT2D eigenvalue weighted by atomic mass is 9.99. The van der Waals surface area contributed by atoms with Crippen LogP contribution in [0.1, 0.15) is 25.3 Å². The van der Waals surface area contributed by atoms with Gasteiger partial charge in [0.15, 0.2) is 15.3 Å². The number of sulfone groups is 1. The second-order valence-corrected chi connectivity index (χ2v) is 8.91. The molecular weight excluding hydrogens is 408 g/mol. The zero-order valence-electron chi connectivity index (χ0n) is 17.0. The highest BCUT2D eigenvalue weighted by atomic mass is 32.2. The molecule has 0 heterocycles. The summed E-state index contributed by atoms with van der Waals surface area (Å²) in [6, 6.07) is 14.4. The third-order valence-electron chi connectivity index (χ3n) is 5.24. The average molecular weight is 432 g/mol. The Balaban J connectivity index is 2.18. The Bertz CT molecular complexity index is 995. The number of benzene rings is 2. The van der Waals surface area contributed by atoms with Gasteiger partial charge in [0.1, 0.15) is 11.0 Å². The molecule has 0 aromatic heterocycles. The highest BCUT2D eigenvalue weighted by Gasteiger charge is 2.81. The number of carbonyl (C=O) groups is 2. The van der Waals surface area contributed by atoms with Crippen molar-refractivity contribution in [3.8, 4) is 5.75 Å². The summed E-state index contributed by atoms with van der Waals surface area (Å²) in [5.41, 5.74) is -1.45. The van der Waals surface area contributed by atoms with Crippen molar-refractivity contribution in [2.75, 3.05) is 20.3 Å². The summed E-state index contributed by atoms with van der Waals surface area (Å²) >= 11 is 0. The highest BCUT2D eigenvalue weighted by molar-refractivity contribution is 7.92. The van der Waals surface area contributed by atoms with E-state index in [0.29, 0.717) is 11.3 Å². The minimum absolute atomic E-state index is 0.00737. The highest BCUT2D eigenvalue weighted by Crippen LogP contribution is 2.65. The molecule has 30 heavy (non-hydrogen) atoms. The number of rotatable bonds is 8. The SMILES string of the molecule is CCOC(=O)C1(C(=O)OCC)[C@@H](c2ccc(OC)cc2)[C@@H]1S(=O)(=O)c1ccccc1. The molecule has 1 aliphatic carbocycles. The summed E-state index contributed by atoms with van der Waals surface area (Å²) in [4.78, 5) is 26.1. The number of carbonyl (C=O) groups excluding carboxylic acids is 2. The lowest BCUT2D eigenvalue weighted by molar-refractivity contribution is -0.164.